The molecule has 0 atom stereocenters. The Balaban J connectivity index is 2.31. The van der Waals surface area contributed by atoms with Crippen molar-refractivity contribution < 1.29 is 14.3 Å². The molecular formula is C21H23N3O4. The largest absolute Gasteiger partial charge is 0.497 e. The van der Waals surface area contributed by atoms with E-state index in [1.54, 1.807) is 42.0 Å². The number of nitrogens with zero attached hydrogens (tertiary/aromatic N) is 3. The summed E-state index contributed by atoms with van der Waals surface area (Å²) in [4.78, 5) is 31.9. The maximum absolute atomic E-state index is 13.3. The molecule has 0 radical (unpaired) electrons. The van der Waals surface area contributed by atoms with Crippen molar-refractivity contribution in [3.8, 4) is 11.4 Å². The second-order valence-electron chi connectivity index (χ2n) is 6.15. The Labute approximate surface area is 163 Å². The summed E-state index contributed by atoms with van der Waals surface area (Å²) in [7, 11) is 2.92. The number of hydrogen-bond donors (Lipinski definition) is 0. The van der Waals surface area contributed by atoms with Crippen LogP contribution in [0.25, 0.3) is 16.6 Å². The van der Waals surface area contributed by atoms with Gasteiger partial charge in [0.25, 0.3) is 5.56 Å². The Morgan fingerprint density at radius 3 is 2.32 bits per heavy atom. The molecule has 2 aromatic carbocycles. The fraction of sp³-hybridized carbons (Fsp3) is 0.286. The van der Waals surface area contributed by atoms with E-state index >= 15 is 0 Å². The number of hydrogen-bond acceptors (Lipinski definition) is 6. The molecule has 0 unspecified atom stereocenters. The highest BCUT2D eigenvalue weighted by molar-refractivity contribution is 5.94. The summed E-state index contributed by atoms with van der Waals surface area (Å²) >= 11 is 0. The fourth-order valence-electron chi connectivity index (χ4n) is 3.10. The predicted octanol–water partition coefficient (Wildman–Crippen LogP) is 3.03. The molecule has 0 saturated carbocycles. The van der Waals surface area contributed by atoms with E-state index in [0.29, 0.717) is 46.9 Å². The zero-order valence-electron chi connectivity index (χ0n) is 16.4. The summed E-state index contributed by atoms with van der Waals surface area (Å²) in [6.07, 6.45) is 0. The number of methoxy groups -OCH3 is 2. The molecule has 1 heterocycles. The fourth-order valence-corrected chi connectivity index (χ4v) is 3.10. The van der Waals surface area contributed by atoms with Crippen LogP contribution in [-0.2, 0) is 4.74 Å². The van der Waals surface area contributed by atoms with Gasteiger partial charge in [0, 0.05) is 13.1 Å². The van der Waals surface area contributed by atoms with Gasteiger partial charge in [-0.05, 0) is 56.3 Å². The van der Waals surface area contributed by atoms with Gasteiger partial charge in [-0.25, -0.2) is 14.3 Å². The van der Waals surface area contributed by atoms with E-state index in [4.69, 9.17) is 14.5 Å². The van der Waals surface area contributed by atoms with Gasteiger partial charge in [0.1, 0.15) is 5.75 Å². The summed E-state index contributed by atoms with van der Waals surface area (Å²) < 4.78 is 11.6. The van der Waals surface area contributed by atoms with E-state index < -0.39 is 5.97 Å². The van der Waals surface area contributed by atoms with Crippen LogP contribution in [0.3, 0.4) is 0 Å². The zero-order valence-corrected chi connectivity index (χ0v) is 16.4. The highest BCUT2D eigenvalue weighted by atomic mass is 16.5. The van der Waals surface area contributed by atoms with E-state index in [0.717, 1.165) is 0 Å². The summed E-state index contributed by atoms with van der Waals surface area (Å²) in [5.41, 5.74) is 1.31. The molecule has 0 aliphatic rings. The molecule has 0 aliphatic heterocycles. The Hall–Kier alpha value is -3.35. The highest BCUT2D eigenvalue weighted by Gasteiger charge is 2.18. The normalized spacial score (nSPS) is 10.7. The van der Waals surface area contributed by atoms with Gasteiger partial charge in [0.15, 0.2) is 0 Å². The standard InChI is InChI=1S/C21H23N3O4/c1-5-23(6-2)21-22-18-13-14(20(26)28-4)7-12-17(18)19(25)24(21)15-8-10-16(27-3)11-9-15/h7-13H,5-6H2,1-4H3. The molecule has 7 heteroatoms. The highest BCUT2D eigenvalue weighted by Crippen LogP contribution is 2.22. The van der Waals surface area contributed by atoms with E-state index in [2.05, 4.69) is 0 Å². The number of anilines is 1. The van der Waals surface area contributed by atoms with E-state index in [9.17, 15) is 9.59 Å². The number of carbonyl (C=O) groups excluding carboxylic acids is 1. The molecule has 28 heavy (non-hydrogen) atoms. The van der Waals surface area contributed by atoms with E-state index in [1.165, 1.54) is 7.11 Å². The first-order chi connectivity index (χ1) is 13.5. The van der Waals surface area contributed by atoms with Gasteiger partial charge < -0.3 is 14.4 Å². The van der Waals surface area contributed by atoms with Crippen molar-refractivity contribution in [2.45, 2.75) is 13.8 Å². The Kier molecular flexibility index (Phi) is 5.63. The van der Waals surface area contributed by atoms with Crippen molar-refractivity contribution in [1.29, 1.82) is 0 Å². The van der Waals surface area contributed by atoms with Gasteiger partial charge >= 0.3 is 5.97 Å². The summed E-state index contributed by atoms with van der Waals surface area (Å²) in [6, 6.07) is 12.0. The van der Waals surface area contributed by atoms with Crippen molar-refractivity contribution in [1.82, 2.24) is 9.55 Å². The minimum Gasteiger partial charge on any atom is -0.497 e. The lowest BCUT2D eigenvalue weighted by molar-refractivity contribution is 0.0601. The third-order valence-electron chi connectivity index (χ3n) is 4.65. The summed E-state index contributed by atoms with van der Waals surface area (Å²) in [6.45, 7) is 5.37. The topological polar surface area (TPSA) is 73.7 Å². The minimum absolute atomic E-state index is 0.200. The van der Waals surface area contributed by atoms with Gasteiger partial charge in [-0.3, -0.25) is 4.79 Å². The Morgan fingerprint density at radius 2 is 1.75 bits per heavy atom. The smallest absolute Gasteiger partial charge is 0.337 e. The molecular weight excluding hydrogens is 358 g/mol. The van der Waals surface area contributed by atoms with Crippen LogP contribution in [0.15, 0.2) is 47.3 Å². The molecule has 0 spiro atoms. The Morgan fingerprint density at radius 1 is 1.07 bits per heavy atom. The average molecular weight is 381 g/mol. The van der Waals surface area contributed by atoms with Crippen molar-refractivity contribution in [2.75, 3.05) is 32.2 Å². The Bertz CT molecular complexity index is 1050. The van der Waals surface area contributed by atoms with Crippen LogP contribution in [0.2, 0.25) is 0 Å². The number of aromatic nitrogens is 2. The molecule has 1 aromatic heterocycles. The molecule has 0 aliphatic carbocycles. The van der Waals surface area contributed by atoms with Crippen molar-refractivity contribution >= 4 is 22.8 Å². The summed E-state index contributed by atoms with van der Waals surface area (Å²) in [5, 5.41) is 0.430. The molecule has 0 N–H and O–H groups in total. The van der Waals surface area contributed by atoms with Crippen molar-refractivity contribution in [3.63, 3.8) is 0 Å². The minimum atomic E-state index is -0.465. The lowest BCUT2D eigenvalue weighted by atomic mass is 10.1. The van der Waals surface area contributed by atoms with Crippen LogP contribution in [0.5, 0.6) is 5.75 Å². The monoisotopic (exact) mass is 381 g/mol. The average Bonchev–Trinajstić information content (AvgIpc) is 2.74. The first-order valence-corrected chi connectivity index (χ1v) is 9.08. The SMILES string of the molecule is CCN(CC)c1nc2cc(C(=O)OC)ccc2c(=O)n1-c1ccc(OC)cc1. The van der Waals surface area contributed by atoms with Gasteiger partial charge in [-0.2, -0.15) is 0 Å². The maximum atomic E-state index is 13.3. The molecule has 0 amide bonds. The molecule has 0 fully saturated rings. The maximum Gasteiger partial charge on any atom is 0.337 e. The zero-order chi connectivity index (χ0) is 20.3. The van der Waals surface area contributed by atoms with Crippen molar-refractivity contribution in [3.05, 3.63) is 58.4 Å². The van der Waals surface area contributed by atoms with Crippen LogP contribution < -0.4 is 15.2 Å². The number of carbonyl (C=O) groups is 1. The van der Waals surface area contributed by atoms with Gasteiger partial charge in [-0.1, -0.05) is 0 Å². The number of fused-ring (bicyclic) bond motifs is 1. The molecule has 0 saturated heterocycles. The van der Waals surface area contributed by atoms with E-state index in [-0.39, 0.29) is 5.56 Å². The van der Waals surface area contributed by atoms with Crippen molar-refractivity contribution in [2.24, 2.45) is 0 Å². The van der Waals surface area contributed by atoms with Crippen LogP contribution in [0.1, 0.15) is 24.2 Å². The van der Waals surface area contributed by atoms with Crippen LogP contribution in [0, 0.1) is 0 Å². The second-order valence-corrected chi connectivity index (χ2v) is 6.15. The van der Waals surface area contributed by atoms with Gasteiger partial charge in [-0.15, -0.1) is 0 Å². The molecule has 7 nitrogen and oxygen atoms in total. The summed E-state index contributed by atoms with van der Waals surface area (Å²) in [5.74, 6) is 0.764. The second kappa shape index (κ2) is 8.12. The molecule has 3 rings (SSSR count). The number of benzene rings is 2. The van der Waals surface area contributed by atoms with E-state index in [1.807, 2.05) is 30.9 Å². The van der Waals surface area contributed by atoms with Gasteiger partial charge in [0.05, 0.1) is 36.4 Å². The third kappa shape index (κ3) is 3.43. The van der Waals surface area contributed by atoms with Crippen LogP contribution >= 0.6 is 0 Å². The lowest BCUT2D eigenvalue weighted by Crippen LogP contribution is -2.32. The predicted molar refractivity (Wildman–Crippen MR) is 109 cm³/mol. The first kappa shape index (κ1) is 19.4. The molecule has 0 bridgehead atoms. The van der Waals surface area contributed by atoms with Crippen LogP contribution in [-0.4, -0.2) is 42.8 Å². The number of ether oxygens (including phenoxy) is 2. The number of rotatable bonds is 6. The molecule has 3 aromatic rings. The lowest BCUT2D eigenvalue weighted by Gasteiger charge is -2.24. The molecule has 146 valence electrons. The van der Waals surface area contributed by atoms with Crippen LogP contribution in [0.4, 0.5) is 5.95 Å². The van der Waals surface area contributed by atoms with Gasteiger partial charge in [0.2, 0.25) is 5.95 Å². The first-order valence-electron chi connectivity index (χ1n) is 9.08. The third-order valence-corrected chi connectivity index (χ3v) is 4.65. The quantitative estimate of drug-likeness (QED) is 0.611. The number of esters is 1.